The number of amides is 1. The highest BCUT2D eigenvalue weighted by Gasteiger charge is 2.38. The number of nitrogens with one attached hydrogen (secondary N) is 1. The zero-order chi connectivity index (χ0) is 22.0. The summed E-state index contributed by atoms with van der Waals surface area (Å²) in [5, 5.41) is 0. The minimum atomic E-state index is -4.86. The van der Waals surface area contributed by atoms with Gasteiger partial charge in [0.05, 0.1) is 17.6 Å². The van der Waals surface area contributed by atoms with Crippen LogP contribution in [0.15, 0.2) is 23.1 Å². The number of halogens is 3. The second-order valence-electron chi connectivity index (χ2n) is 7.72. The van der Waals surface area contributed by atoms with Gasteiger partial charge in [-0.2, -0.15) is 13.2 Å². The molecule has 29 heavy (non-hydrogen) atoms. The minimum absolute atomic E-state index is 0.0954. The van der Waals surface area contributed by atoms with Crippen LogP contribution in [0.25, 0.3) is 0 Å². The Morgan fingerprint density at radius 1 is 1.17 bits per heavy atom. The van der Waals surface area contributed by atoms with Crippen LogP contribution in [0.1, 0.15) is 39.2 Å². The topological polar surface area (TPSA) is 84.9 Å². The predicted molar refractivity (Wildman–Crippen MR) is 99.1 cm³/mol. The first kappa shape index (κ1) is 23.3. The number of methoxy groups -OCH3 is 1. The number of carbonyl (C=O) groups is 1. The van der Waals surface area contributed by atoms with Crippen LogP contribution in [0.2, 0.25) is 0 Å². The fourth-order valence-electron chi connectivity index (χ4n) is 2.88. The number of hydrogen-bond donors (Lipinski definition) is 1. The van der Waals surface area contributed by atoms with E-state index in [0.717, 1.165) is 12.1 Å². The lowest BCUT2D eigenvalue weighted by Gasteiger charge is -2.33. The number of alkyl halides is 3. The molecule has 1 aliphatic rings. The standard InChI is InChI=1S/C18H25F3N2O5S/c1-17(2,3)28-16(24)23-9-7-12(8-10-23)22-29(25,26)15-6-5-13(27-4)11-14(15)18(19,20)21/h5-6,11-12,22H,7-10H2,1-4H3. The molecule has 0 atom stereocenters. The largest absolute Gasteiger partial charge is 0.497 e. The highest BCUT2D eigenvalue weighted by atomic mass is 32.2. The number of benzene rings is 1. The molecule has 0 unspecified atom stereocenters. The maximum absolute atomic E-state index is 13.3. The fraction of sp³-hybridized carbons (Fsp3) is 0.611. The average Bonchev–Trinajstić information content (AvgIpc) is 2.59. The number of hydrogen-bond acceptors (Lipinski definition) is 5. The van der Waals surface area contributed by atoms with Gasteiger partial charge in [0.25, 0.3) is 0 Å². The molecule has 0 aromatic heterocycles. The zero-order valence-corrected chi connectivity index (χ0v) is 17.5. The van der Waals surface area contributed by atoms with Crippen molar-refractivity contribution in [2.75, 3.05) is 20.2 Å². The molecule has 1 aliphatic heterocycles. The normalized spacial score (nSPS) is 16.6. The summed E-state index contributed by atoms with van der Waals surface area (Å²) in [4.78, 5) is 12.7. The molecule has 1 N–H and O–H groups in total. The maximum atomic E-state index is 13.3. The summed E-state index contributed by atoms with van der Waals surface area (Å²) in [5.74, 6) is -0.0954. The van der Waals surface area contributed by atoms with E-state index in [0.29, 0.717) is 6.07 Å². The molecule has 0 bridgehead atoms. The third-order valence-corrected chi connectivity index (χ3v) is 5.83. The number of ether oxygens (including phenoxy) is 2. The first-order valence-corrected chi connectivity index (χ1v) is 10.5. The Hall–Kier alpha value is -2.01. The molecule has 0 spiro atoms. The summed E-state index contributed by atoms with van der Waals surface area (Å²) >= 11 is 0. The van der Waals surface area contributed by atoms with E-state index in [-0.39, 0.29) is 31.7 Å². The minimum Gasteiger partial charge on any atom is -0.497 e. The monoisotopic (exact) mass is 438 g/mol. The lowest BCUT2D eigenvalue weighted by atomic mass is 10.1. The van der Waals surface area contributed by atoms with E-state index in [2.05, 4.69) is 4.72 Å². The highest BCUT2D eigenvalue weighted by Crippen LogP contribution is 2.36. The molecule has 1 fully saturated rings. The molecule has 0 saturated carbocycles. The Morgan fingerprint density at radius 2 is 1.76 bits per heavy atom. The van der Waals surface area contributed by atoms with Crippen LogP contribution in [-0.2, 0) is 20.9 Å². The number of likely N-dealkylation sites (tertiary alicyclic amines) is 1. The summed E-state index contributed by atoms with van der Waals surface area (Å²) in [6.07, 6.45) is -4.85. The Morgan fingerprint density at radius 3 is 2.24 bits per heavy atom. The number of piperidine rings is 1. The Balaban J connectivity index is 2.11. The van der Waals surface area contributed by atoms with Gasteiger partial charge in [-0.25, -0.2) is 17.9 Å². The van der Waals surface area contributed by atoms with Gasteiger partial charge in [-0.15, -0.1) is 0 Å². The molecule has 1 heterocycles. The van der Waals surface area contributed by atoms with E-state index >= 15 is 0 Å². The smallest absolute Gasteiger partial charge is 0.417 e. The van der Waals surface area contributed by atoms with Gasteiger partial charge in [0, 0.05) is 19.1 Å². The van der Waals surface area contributed by atoms with Crippen LogP contribution < -0.4 is 9.46 Å². The van der Waals surface area contributed by atoms with Crippen molar-refractivity contribution in [2.24, 2.45) is 0 Å². The molecule has 7 nitrogen and oxygen atoms in total. The van der Waals surface area contributed by atoms with E-state index in [9.17, 15) is 26.4 Å². The van der Waals surface area contributed by atoms with Crippen LogP contribution in [0.3, 0.4) is 0 Å². The summed E-state index contributed by atoms with van der Waals surface area (Å²) < 4.78 is 77.6. The second kappa shape index (κ2) is 8.39. The van der Waals surface area contributed by atoms with E-state index in [1.165, 1.54) is 12.0 Å². The number of sulfonamides is 1. The third kappa shape index (κ3) is 6.23. The van der Waals surface area contributed by atoms with Gasteiger partial charge in [-0.3, -0.25) is 0 Å². The first-order chi connectivity index (χ1) is 13.2. The maximum Gasteiger partial charge on any atom is 0.417 e. The van der Waals surface area contributed by atoms with Gasteiger partial charge in [-0.1, -0.05) is 0 Å². The van der Waals surface area contributed by atoms with E-state index in [4.69, 9.17) is 9.47 Å². The third-order valence-electron chi connectivity index (χ3n) is 4.25. The lowest BCUT2D eigenvalue weighted by Crippen LogP contribution is -2.47. The SMILES string of the molecule is COc1ccc(S(=O)(=O)NC2CCN(C(=O)OC(C)(C)C)CC2)c(C(F)(F)F)c1. The number of rotatable bonds is 4. The molecule has 2 rings (SSSR count). The van der Waals surface area contributed by atoms with Gasteiger partial charge in [0.15, 0.2) is 0 Å². The van der Waals surface area contributed by atoms with Crippen molar-refractivity contribution < 1.29 is 35.9 Å². The molecule has 1 amide bonds. The van der Waals surface area contributed by atoms with Gasteiger partial charge in [-0.05, 0) is 51.8 Å². The van der Waals surface area contributed by atoms with Crippen LogP contribution in [0.4, 0.5) is 18.0 Å². The van der Waals surface area contributed by atoms with Crippen LogP contribution in [0.5, 0.6) is 5.75 Å². The van der Waals surface area contributed by atoms with Crippen LogP contribution in [0, 0.1) is 0 Å². The number of carbonyl (C=O) groups excluding carboxylic acids is 1. The van der Waals surface area contributed by atoms with Crippen molar-refractivity contribution in [1.82, 2.24) is 9.62 Å². The molecule has 0 aliphatic carbocycles. The molecule has 164 valence electrons. The van der Waals surface area contributed by atoms with Gasteiger partial charge >= 0.3 is 12.3 Å². The van der Waals surface area contributed by atoms with Gasteiger partial charge < -0.3 is 14.4 Å². The van der Waals surface area contributed by atoms with E-state index in [1.54, 1.807) is 20.8 Å². The number of nitrogens with zero attached hydrogens (tertiary/aromatic N) is 1. The van der Waals surface area contributed by atoms with E-state index < -0.39 is 44.4 Å². The summed E-state index contributed by atoms with van der Waals surface area (Å²) in [6.45, 7) is 5.67. The van der Waals surface area contributed by atoms with Gasteiger partial charge in [0.2, 0.25) is 10.0 Å². The van der Waals surface area contributed by atoms with Crippen molar-refractivity contribution in [1.29, 1.82) is 0 Å². The van der Waals surface area contributed by atoms with Gasteiger partial charge in [0.1, 0.15) is 11.4 Å². The summed E-state index contributed by atoms with van der Waals surface area (Å²) in [6, 6.07) is 2.09. The van der Waals surface area contributed by atoms with Crippen LogP contribution >= 0.6 is 0 Å². The molecular formula is C18H25F3N2O5S. The molecular weight excluding hydrogens is 413 g/mol. The van der Waals surface area contributed by atoms with Crippen molar-refractivity contribution in [3.05, 3.63) is 23.8 Å². The van der Waals surface area contributed by atoms with E-state index in [1.807, 2.05) is 0 Å². The molecule has 0 radical (unpaired) electrons. The summed E-state index contributed by atoms with van der Waals surface area (Å²) in [7, 11) is -3.23. The molecule has 11 heteroatoms. The van der Waals surface area contributed by atoms with Crippen molar-refractivity contribution in [3.63, 3.8) is 0 Å². The second-order valence-corrected chi connectivity index (χ2v) is 9.41. The molecule has 1 aromatic rings. The fourth-order valence-corrected chi connectivity index (χ4v) is 4.39. The first-order valence-electron chi connectivity index (χ1n) is 8.98. The summed E-state index contributed by atoms with van der Waals surface area (Å²) in [5.41, 5.74) is -1.95. The highest BCUT2D eigenvalue weighted by molar-refractivity contribution is 7.89. The quantitative estimate of drug-likeness (QED) is 0.779. The Bertz CT molecular complexity index is 842. The lowest BCUT2D eigenvalue weighted by molar-refractivity contribution is -0.140. The molecule has 1 saturated heterocycles. The van der Waals surface area contributed by atoms with Crippen LogP contribution in [-0.4, -0.2) is 51.3 Å². The Labute approximate surface area is 168 Å². The Kier molecular flexibility index (Phi) is 6.73. The van der Waals surface area contributed by atoms with Crippen molar-refractivity contribution in [2.45, 2.75) is 56.3 Å². The predicted octanol–water partition coefficient (Wildman–Crippen LogP) is 3.39. The zero-order valence-electron chi connectivity index (χ0n) is 16.7. The average molecular weight is 438 g/mol. The van der Waals surface area contributed by atoms with Crippen molar-refractivity contribution in [3.8, 4) is 5.75 Å². The molecule has 1 aromatic carbocycles. The van der Waals surface area contributed by atoms with Crippen molar-refractivity contribution >= 4 is 16.1 Å².